The van der Waals surface area contributed by atoms with Crippen LogP contribution in [0.3, 0.4) is 0 Å². The van der Waals surface area contributed by atoms with Crippen molar-refractivity contribution in [1.82, 2.24) is 9.97 Å². The van der Waals surface area contributed by atoms with Crippen LogP contribution < -0.4 is 9.80 Å². The first-order valence-corrected chi connectivity index (χ1v) is 8.27. The lowest BCUT2D eigenvalue weighted by Crippen LogP contribution is -2.47. The van der Waals surface area contributed by atoms with Crippen LogP contribution in [0.25, 0.3) is 10.9 Å². The van der Waals surface area contributed by atoms with E-state index < -0.39 is 0 Å². The van der Waals surface area contributed by atoms with Crippen LogP contribution in [-0.4, -0.2) is 41.1 Å². The van der Waals surface area contributed by atoms with Crippen molar-refractivity contribution >= 4 is 28.1 Å². The molecule has 1 aliphatic heterocycles. The van der Waals surface area contributed by atoms with Gasteiger partial charge in [0, 0.05) is 32.2 Å². The van der Waals surface area contributed by atoms with Gasteiger partial charge in [-0.1, -0.05) is 18.2 Å². The number of nitro groups is 1. The maximum absolute atomic E-state index is 14.3. The second-order valence-corrected chi connectivity index (χ2v) is 6.05. The molecule has 4 rings (SSSR count). The first-order chi connectivity index (χ1) is 12.6. The predicted octanol–water partition coefficient (Wildman–Crippen LogP) is 3.00. The molecule has 132 valence electrons. The van der Waals surface area contributed by atoms with Crippen molar-refractivity contribution in [2.24, 2.45) is 0 Å². The Labute approximate surface area is 148 Å². The van der Waals surface area contributed by atoms with Crippen molar-refractivity contribution < 1.29 is 9.31 Å². The van der Waals surface area contributed by atoms with Gasteiger partial charge in [0.05, 0.1) is 15.8 Å². The second kappa shape index (κ2) is 6.55. The molecule has 0 bridgehead atoms. The van der Waals surface area contributed by atoms with Crippen LogP contribution in [0.4, 0.5) is 21.6 Å². The molecule has 1 saturated heterocycles. The summed E-state index contributed by atoms with van der Waals surface area (Å²) in [5.74, 6) is 0.217. The summed E-state index contributed by atoms with van der Waals surface area (Å²) < 4.78 is 14.3. The van der Waals surface area contributed by atoms with Crippen LogP contribution in [0.2, 0.25) is 0 Å². The van der Waals surface area contributed by atoms with E-state index in [0.717, 1.165) is 0 Å². The van der Waals surface area contributed by atoms with E-state index in [1.165, 1.54) is 18.5 Å². The maximum atomic E-state index is 14.3. The van der Waals surface area contributed by atoms with Gasteiger partial charge in [-0.3, -0.25) is 10.1 Å². The van der Waals surface area contributed by atoms with Crippen molar-refractivity contribution in [3.63, 3.8) is 0 Å². The fourth-order valence-electron chi connectivity index (χ4n) is 3.34. The van der Waals surface area contributed by atoms with Crippen LogP contribution in [-0.2, 0) is 0 Å². The van der Waals surface area contributed by atoms with Gasteiger partial charge in [-0.2, -0.15) is 0 Å². The average Bonchev–Trinajstić information content (AvgIpc) is 2.68. The summed E-state index contributed by atoms with van der Waals surface area (Å²) in [5, 5.41) is 11.7. The van der Waals surface area contributed by atoms with Crippen LogP contribution >= 0.6 is 0 Å². The Morgan fingerprint density at radius 3 is 2.46 bits per heavy atom. The number of benzene rings is 2. The van der Waals surface area contributed by atoms with Gasteiger partial charge in [0.15, 0.2) is 0 Å². The lowest BCUT2D eigenvalue weighted by molar-refractivity contribution is -0.384. The zero-order chi connectivity index (χ0) is 18.1. The molecule has 0 amide bonds. The minimum Gasteiger partial charge on any atom is -0.362 e. The minimum absolute atomic E-state index is 0.0967. The molecule has 0 saturated carbocycles. The third-order valence-corrected chi connectivity index (χ3v) is 4.59. The Hall–Kier alpha value is -3.29. The molecule has 7 nitrogen and oxygen atoms in total. The van der Waals surface area contributed by atoms with Crippen molar-refractivity contribution in [2.75, 3.05) is 36.0 Å². The number of para-hydroxylation sites is 2. The smallest absolute Gasteiger partial charge is 0.292 e. The van der Waals surface area contributed by atoms with Gasteiger partial charge in [-0.05, 0) is 18.2 Å². The number of nitro benzene ring substituents is 1. The number of hydrogen-bond donors (Lipinski definition) is 0. The summed E-state index contributed by atoms with van der Waals surface area (Å²) in [6, 6.07) is 11.5. The van der Waals surface area contributed by atoms with E-state index in [2.05, 4.69) is 9.97 Å². The highest BCUT2D eigenvalue weighted by atomic mass is 19.1. The fourth-order valence-corrected chi connectivity index (χ4v) is 3.34. The van der Waals surface area contributed by atoms with Crippen molar-refractivity contribution in [3.05, 3.63) is 64.7 Å². The zero-order valence-corrected chi connectivity index (χ0v) is 13.9. The largest absolute Gasteiger partial charge is 0.362 e. The number of aromatic nitrogens is 2. The van der Waals surface area contributed by atoms with Gasteiger partial charge < -0.3 is 9.80 Å². The molecule has 0 radical (unpaired) electrons. The SMILES string of the molecule is O=[N+]([O-])c1ccccc1N1CCN(c2ncnc3cccc(F)c23)CC1. The summed E-state index contributed by atoms with van der Waals surface area (Å²) in [4.78, 5) is 23.3. The maximum Gasteiger partial charge on any atom is 0.292 e. The van der Waals surface area contributed by atoms with E-state index in [9.17, 15) is 14.5 Å². The fraction of sp³-hybridized carbons (Fsp3) is 0.222. The Balaban J connectivity index is 1.60. The molecule has 2 heterocycles. The molecule has 8 heteroatoms. The summed E-state index contributed by atoms with van der Waals surface area (Å²) in [6.45, 7) is 2.36. The van der Waals surface area contributed by atoms with Gasteiger partial charge in [0.1, 0.15) is 23.6 Å². The van der Waals surface area contributed by atoms with Crippen molar-refractivity contribution in [2.45, 2.75) is 0 Å². The van der Waals surface area contributed by atoms with Gasteiger partial charge >= 0.3 is 0 Å². The number of halogens is 1. The van der Waals surface area contributed by atoms with E-state index in [1.54, 1.807) is 30.3 Å². The molecule has 0 spiro atoms. The van der Waals surface area contributed by atoms with E-state index >= 15 is 0 Å². The summed E-state index contributed by atoms with van der Waals surface area (Å²) in [7, 11) is 0. The second-order valence-electron chi connectivity index (χ2n) is 6.05. The third-order valence-electron chi connectivity index (χ3n) is 4.59. The van der Waals surface area contributed by atoms with Crippen LogP contribution in [0, 0.1) is 15.9 Å². The highest BCUT2D eigenvalue weighted by Gasteiger charge is 2.25. The standard InChI is InChI=1S/C18H16FN5O2/c19-13-4-3-5-14-17(13)18(21-12-20-14)23-10-8-22(9-11-23)15-6-1-2-7-16(15)24(25)26/h1-7,12H,8-11H2. The van der Waals surface area contributed by atoms with E-state index in [4.69, 9.17) is 0 Å². The molecular formula is C18H16FN5O2. The lowest BCUT2D eigenvalue weighted by Gasteiger charge is -2.36. The van der Waals surface area contributed by atoms with Gasteiger partial charge in [-0.15, -0.1) is 0 Å². The third kappa shape index (κ3) is 2.79. The number of hydrogen-bond acceptors (Lipinski definition) is 6. The van der Waals surface area contributed by atoms with Crippen molar-refractivity contribution in [3.8, 4) is 0 Å². The lowest BCUT2D eigenvalue weighted by atomic mass is 10.2. The molecule has 0 N–H and O–H groups in total. The van der Waals surface area contributed by atoms with Gasteiger partial charge in [-0.25, -0.2) is 14.4 Å². The number of fused-ring (bicyclic) bond motifs is 1. The number of rotatable bonds is 3. The van der Waals surface area contributed by atoms with Gasteiger partial charge in [0.25, 0.3) is 5.69 Å². The molecule has 3 aromatic rings. The van der Waals surface area contributed by atoms with Crippen molar-refractivity contribution in [1.29, 1.82) is 0 Å². The summed E-state index contributed by atoms with van der Waals surface area (Å²) in [5.41, 5.74) is 1.27. The summed E-state index contributed by atoms with van der Waals surface area (Å²) in [6.07, 6.45) is 1.44. The molecule has 1 aromatic heterocycles. The minimum atomic E-state index is -0.366. The molecule has 2 aromatic carbocycles. The van der Waals surface area contributed by atoms with Crippen LogP contribution in [0.15, 0.2) is 48.8 Å². The number of anilines is 2. The van der Waals surface area contributed by atoms with Crippen LogP contribution in [0.5, 0.6) is 0 Å². The van der Waals surface area contributed by atoms with E-state index in [0.29, 0.717) is 48.6 Å². The molecule has 1 fully saturated rings. The number of nitrogens with zero attached hydrogens (tertiary/aromatic N) is 5. The first kappa shape index (κ1) is 16.2. The molecule has 26 heavy (non-hydrogen) atoms. The monoisotopic (exact) mass is 353 g/mol. The topological polar surface area (TPSA) is 75.4 Å². The highest BCUT2D eigenvalue weighted by molar-refractivity contribution is 5.90. The Morgan fingerprint density at radius 2 is 1.69 bits per heavy atom. The highest BCUT2D eigenvalue weighted by Crippen LogP contribution is 2.30. The molecule has 0 unspecified atom stereocenters. The molecule has 0 atom stereocenters. The number of piperazine rings is 1. The normalized spacial score (nSPS) is 14.7. The zero-order valence-electron chi connectivity index (χ0n) is 13.9. The quantitative estimate of drug-likeness (QED) is 0.532. The molecule has 1 aliphatic rings. The van der Waals surface area contributed by atoms with E-state index in [1.807, 2.05) is 9.80 Å². The molecule has 0 aliphatic carbocycles. The first-order valence-electron chi connectivity index (χ1n) is 8.27. The Kier molecular flexibility index (Phi) is 4.08. The summed E-state index contributed by atoms with van der Waals surface area (Å²) >= 11 is 0. The van der Waals surface area contributed by atoms with Gasteiger partial charge in [0.2, 0.25) is 0 Å². The Morgan fingerprint density at radius 1 is 0.962 bits per heavy atom. The molecular weight excluding hydrogens is 337 g/mol. The van der Waals surface area contributed by atoms with Crippen LogP contribution in [0.1, 0.15) is 0 Å². The predicted molar refractivity (Wildman–Crippen MR) is 97.0 cm³/mol. The Bertz CT molecular complexity index is 967. The average molecular weight is 353 g/mol. The van der Waals surface area contributed by atoms with E-state index in [-0.39, 0.29) is 16.4 Å².